The van der Waals surface area contributed by atoms with Gasteiger partial charge in [-0.25, -0.2) is 4.79 Å². The highest BCUT2D eigenvalue weighted by Crippen LogP contribution is 2.22. The van der Waals surface area contributed by atoms with E-state index in [4.69, 9.17) is 4.74 Å². The Morgan fingerprint density at radius 2 is 1.76 bits per heavy atom. The first kappa shape index (κ1) is 25.3. The maximum atomic E-state index is 12.7. The van der Waals surface area contributed by atoms with Crippen LogP contribution in [0.5, 0.6) is 0 Å². The Labute approximate surface area is 199 Å². The Bertz CT molecular complexity index is 726. The molecule has 7 nitrogen and oxygen atoms in total. The fraction of sp³-hybridized carbons (Fsp3) is 0.692. The lowest BCUT2D eigenvalue weighted by Gasteiger charge is -2.33. The molecule has 0 unspecified atom stereocenters. The zero-order valence-electron chi connectivity index (χ0n) is 20.5. The van der Waals surface area contributed by atoms with Crippen molar-refractivity contribution in [1.82, 2.24) is 15.5 Å². The third-order valence-electron chi connectivity index (χ3n) is 6.98. The molecule has 0 atom stereocenters. The van der Waals surface area contributed by atoms with E-state index in [0.717, 1.165) is 44.3 Å². The highest BCUT2D eigenvalue weighted by molar-refractivity contribution is 5.76. The van der Waals surface area contributed by atoms with Crippen LogP contribution < -0.4 is 15.5 Å². The van der Waals surface area contributed by atoms with E-state index in [1.807, 2.05) is 11.8 Å². The molecule has 3 amide bonds. The molecular formula is C26H42N4O3. The van der Waals surface area contributed by atoms with Gasteiger partial charge in [0, 0.05) is 58.0 Å². The quantitative estimate of drug-likeness (QED) is 0.519. The van der Waals surface area contributed by atoms with Crippen LogP contribution in [0.3, 0.4) is 0 Å². The Balaban J connectivity index is 1.36. The van der Waals surface area contributed by atoms with E-state index in [1.165, 1.54) is 24.9 Å². The number of hydrogen-bond acceptors (Lipinski definition) is 4. The summed E-state index contributed by atoms with van der Waals surface area (Å²) in [7, 11) is 1.79. The van der Waals surface area contributed by atoms with Crippen LogP contribution in [0, 0.1) is 0 Å². The van der Waals surface area contributed by atoms with E-state index in [-0.39, 0.29) is 11.9 Å². The summed E-state index contributed by atoms with van der Waals surface area (Å²) < 4.78 is 5.46. The molecule has 2 aliphatic rings. The van der Waals surface area contributed by atoms with Gasteiger partial charge in [-0.05, 0) is 56.7 Å². The zero-order valence-corrected chi connectivity index (χ0v) is 20.5. The Hall–Kier alpha value is -2.28. The van der Waals surface area contributed by atoms with Gasteiger partial charge in [0.1, 0.15) is 0 Å². The van der Waals surface area contributed by atoms with Gasteiger partial charge in [-0.1, -0.05) is 31.4 Å². The average molecular weight is 459 g/mol. The fourth-order valence-corrected chi connectivity index (χ4v) is 4.84. The van der Waals surface area contributed by atoms with Crippen molar-refractivity contribution < 1.29 is 14.3 Å². The number of nitrogens with zero attached hydrogens (tertiary/aromatic N) is 2. The molecule has 0 radical (unpaired) electrons. The van der Waals surface area contributed by atoms with Gasteiger partial charge in [-0.3, -0.25) is 4.79 Å². The predicted molar refractivity (Wildman–Crippen MR) is 132 cm³/mol. The second-order valence-corrected chi connectivity index (χ2v) is 9.34. The van der Waals surface area contributed by atoms with Gasteiger partial charge in [-0.2, -0.15) is 0 Å². The molecule has 1 aromatic rings. The number of carbonyl (C=O) groups excluding carboxylic acids is 2. The van der Waals surface area contributed by atoms with Gasteiger partial charge in [0.05, 0.1) is 6.10 Å². The third-order valence-corrected chi connectivity index (χ3v) is 6.98. The molecule has 1 aromatic carbocycles. The number of rotatable bonds is 10. The summed E-state index contributed by atoms with van der Waals surface area (Å²) in [5.74, 6) is 0.137. The van der Waals surface area contributed by atoms with Crippen LogP contribution in [-0.4, -0.2) is 62.3 Å². The van der Waals surface area contributed by atoms with Crippen molar-refractivity contribution in [3.8, 4) is 0 Å². The molecule has 2 N–H and O–H groups in total. The first-order valence-corrected chi connectivity index (χ1v) is 12.8. The molecule has 1 aliphatic heterocycles. The highest BCUT2D eigenvalue weighted by atomic mass is 16.5. The number of urea groups is 1. The molecule has 1 saturated carbocycles. The van der Waals surface area contributed by atoms with Crippen molar-refractivity contribution in [2.24, 2.45) is 0 Å². The van der Waals surface area contributed by atoms with E-state index < -0.39 is 0 Å². The van der Waals surface area contributed by atoms with E-state index in [0.29, 0.717) is 44.6 Å². The molecule has 184 valence electrons. The lowest BCUT2D eigenvalue weighted by molar-refractivity contribution is -0.131. The number of piperidine rings is 1. The second-order valence-electron chi connectivity index (χ2n) is 9.34. The number of amides is 3. The number of hydrogen-bond donors (Lipinski definition) is 2. The minimum atomic E-state index is -0.103. The summed E-state index contributed by atoms with van der Waals surface area (Å²) in [5.41, 5.74) is 2.38. The van der Waals surface area contributed by atoms with Crippen LogP contribution in [0.15, 0.2) is 24.3 Å². The van der Waals surface area contributed by atoms with Crippen LogP contribution in [0.25, 0.3) is 0 Å². The van der Waals surface area contributed by atoms with E-state index in [2.05, 4.69) is 39.8 Å². The third kappa shape index (κ3) is 8.22. The van der Waals surface area contributed by atoms with Crippen molar-refractivity contribution >= 4 is 17.6 Å². The first-order valence-electron chi connectivity index (χ1n) is 12.8. The minimum absolute atomic E-state index is 0.103. The van der Waals surface area contributed by atoms with E-state index in [9.17, 15) is 9.59 Å². The summed E-state index contributed by atoms with van der Waals surface area (Å²) in [5, 5.41) is 5.95. The van der Waals surface area contributed by atoms with Crippen LogP contribution >= 0.6 is 0 Å². The van der Waals surface area contributed by atoms with Crippen LogP contribution in [0.2, 0.25) is 0 Å². The fourth-order valence-electron chi connectivity index (χ4n) is 4.84. The van der Waals surface area contributed by atoms with Gasteiger partial charge in [0.15, 0.2) is 0 Å². The molecule has 1 aliphatic carbocycles. The van der Waals surface area contributed by atoms with Crippen molar-refractivity contribution in [2.45, 2.75) is 83.4 Å². The number of benzene rings is 1. The number of carbonyl (C=O) groups is 2. The Morgan fingerprint density at radius 3 is 2.39 bits per heavy atom. The number of nitrogens with one attached hydrogen (secondary N) is 2. The molecule has 1 heterocycles. The number of methoxy groups -OCH3 is 1. The van der Waals surface area contributed by atoms with Crippen molar-refractivity contribution in [1.29, 1.82) is 0 Å². The first-order chi connectivity index (χ1) is 16.1. The summed E-state index contributed by atoms with van der Waals surface area (Å²) in [6.07, 6.45) is 9.42. The molecular weight excluding hydrogens is 416 g/mol. The lowest BCUT2D eigenvalue weighted by Crippen LogP contribution is -2.43. The van der Waals surface area contributed by atoms with Crippen LogP contribution in [-0.2, 0) is 16.1 Å². The van der Waals surface area contributed by atoms with Crippen LogP contribution in [0.1, 0.15) is 70.3 Å². The summed E-state index contributed by atoms with van der Waals surface area (Å²) in [6.45, 7) is 5.88. The van der Waals surface area contributed by atoms with Gasteiger partial charge in [0.25, 0.3) is 0 Å². The molecule has 7 heteroatoms. The van der Waals surface area contributed by atoms with Gasteiger partial charge >= 0.3 is 6.03 Å². The molecule has 2 fully saturated rings. The zero-order chi connectivity index (χ0) is 23.5. The van der Waals surface area contributed by atoms with E-state index in [1.54, 1.807) is 7.11 Å². The minimum Gasteiger partial charge on any atom is -0.381 e. The number of anilines is 1. The molecule has 0 spiro atoms. The van der Waals surface area contributed by atoms with Crippen LogP contribution in [0.4, 0.5) is 10.5 Å². The van der Waals surface area contributed by atoms with Gasteiger partial charge in [-0.15, -0.1) is 0 Å². The predicted octanol–water partition coefficient (Wildman–Crippen LogP) is 4.06. The summed E-state index contributed by atoms with van der Waals surface area (Å²) in [4.78, 5) is 29.0. The highest BCUT2D eigenvalue weighted by Gasteiger charge is 2.19. The lowest BCUT2D eigenvalue weighted by atomic mass is 9.96. The smallest absolute Gasteiger partial charge is 0.315 e. The molecule has 0 bridgehead atoms. The maximum Gasteiger partial charge on any atom is 0.315 e. The largest absolute Gasteiger partial charge is 0.381 e. The summed E-state index contributed by atoms with van der Waals surface area (Å²) in [6, 6.07) is 8.79. The van der Waals surface area contributed by atoms with Crippen molar-refractivity contribution in [3.05, 3.63) is 29.8 Å². The average Bonchev–Trinajstić information content (AvgIpc) is 2.86. The second kappa shape index (κ2) is 13.4. The molecule has 0 aromatic heterocycles. The monoisotopic (exact) mass is 458 g/mol. The van der Waals surface area contributed by atoms with Crippen molar-refractivity contribution in [2.75, 3.05) is 38.2 Å². The molecule has 33 heavy (non-hydrogen) atoms. The standard InChI is InChI=1S/C26H42N4O3/c1-3-29(25(31)10-7-17-27-26(32)28-22-8-5-4-6-9-22)20-21-11-13-23(14-12-21)30-18-15-24(33-2)16-19-30/h11-14,22,24H,3-10,15-20H2,1-2H3,(H2,27,28,32). The van der Waals surface area contributed by atoms with E-state index >= 15 is 0 Å². The topological polar surface area (TPSA) is 73.9 Å². The van der Waals surface area contributed by atoms with Crippen molar-refractivity contribution in [3.63, 3.8) is 0 Å². The molecule has 1 saturated heterocycles. The van der Waals surface area contributed by atoms with Gasteiger partial charge < -0.3 is 25.2 Å². The maximum absolute atomic E-state index is 12.7. The van der Waals surface area contributed by atoms with Gasteiger partial charge in [0.2, 0.25) is 5.91 Å². The molecule has 3 rings (SSSR count). The number of ether oxygens (including phenoxy) is 1. The summed E-state index contributed by atoms with van der Waals surface area (Å²) >= 11 is 0. The Kier molecular flexibility index (Phi) is 10.3. The normalized spacial score (nSPS) is 17.6. The SMILES string of the molecule is CCN(Cc1ccc(N2CCC(OC)CC2)cc1)C(=O)CCCNC(=O)NC1CCCCC1. The Morgan fingerprint density at radius 1 is 1.06 bits per heavy atom.